The van der Waals surface area contributed by atoms with E-state index in [4.69, 9.17) is 15.0 Å². The van der Waals surface area contributed by atoms with Crippen molar-refractivity contribution in [2.75, 3.05) is 4.90 Å². The molecule has 9 aromatic carbocycles. The second kappa shape index (κ2) is 16.6. The van der Waals surface area contributed by atoms with E-state index in [2.05, 4.69) is 185 Å². The van der Waals surface area contributed by atoms with Crippen molar-refractivity contribution in [1.29, 1.82) is 0 Å². The van der Waals surface area contributed by atoms with Gasteiger partial charge in [-0.05, 0) is 83.8 Å². The number of benzene rings is 9. The van der Waals surface area contributed by atoms with Gasteiger partial charge in [-0.25, -0.2) is 15.0 Å². The highest BCUT2D eigenvalue weighted by Gasteiger charge is 2.21. The number of nitrogens with zero attached hydrogens (tertiary/aromatic N) is 5. The fraction of sp³-hybridized carbons (Fsp3) is 0.0172. The Balaban J connectivity index is 1.05. The Morgan fingerprint density at radius 2 is 0.841 bits per heavy atom. The predicted molar refractivity (Wildman–Crippen MR) is 260 cm³/mol. The van der Waals surface area contributed by atoms with Gasteiger partial charge in [0.15, 0.2) is 17.5 Å². The van der Waals surface area contributed by atoms with Crippen molar-refractivity contribution in [2.24, 2.45) is 0 Å². The molecule has 0 aliphatic heterocycles. The SMILES string of the molecule is c1ccc(-c2nc(-c3ccccc3)nc(-c3ccc(-n4c5ccccc5c5cccc(Cc6ccc(N(c7ccccc7)c7ccccc7)cc6)c54)c(-c4ccccc4)c3)n2)cc1. The summed E-state index contributed by atoms with van der Waals surface area (Å²) in [5.74, 6) is 1.89. The minimum Gasteiger partial charge on any atom is -0.311 e. The smallest absolute Gasteiger partial charge is 0.164 e. The van der Waals surface area contributed by atoms with E-state index in [1.54, 1.807) is 0 Å². The minimum atomic E-state index is 0.621. The van der Waals surface area contributed by atoms with Gasteiger partial charge < -0.3 is 9.47 Å². The number of aromatic nitrogens is 4. The Morgan fingerprint density at radius 3 is 1.43 bits per heavy atom. The van der Waals surface area contributed by atoms with Crippen LogP contribution < -0.4 is 4.90 Å². The van der Waals surface area contributed by atoms with E-state index in [1.807, 2.05) is 60.7 Å². The quantitative estimate of drug-likeness (QED) is 0.138. The summed E-state index contributed by atoms with van der Waals surface area (Å²) in [6, 6.07) is 83.2. The number of anilines is 3. The van der Waals surface area contributed by atoms with Crippen LogP contribution in [0.25, 0.3) is 72.8 Å². The van der Waals surface area contributed by atoms with Crippen LogP contribution in [0.4, 0.5) is 17.1 Å². The summed E-state index contributed by atoms with van der Waals surface area (Å²) in [4.78, 5) is 17.5. The Hall–Kier alpha value is -8.41. The van der Waals surface area contributed by atoms with Crippen LogP contribution >= 0.6 is 0 Å². The number of hydrogen-bond donors (Lipinski definition) is 0. The van der Waals surface area contributed by atoms with Gasteiger partial charge in [-0.3, -0.25) is 0 Å². The lowest BCUT2D eigenvalue weighted by Crippen LogP contribution is -2.09. The summed E-state index contributed by atoms with van der Waals surface area (Å²) in [6.45, 7) is 0. The molecule has 5 nitrogen and oxygen atoms in total. The van der Waals surface area contributed by atoms with Crippen LogP contribution in [0.1, 0.15) is 11.1 Å². The molecular weight excluding hydrogens is 767 g/mol. The molecule has 0 amide bonds. The summed E-state index contributed by atoms with van der Waals surface area (Å²) in [6.07, 6.45) is 0.763. The first-order valence-corrected chi connectivity index (χ1v) is 21.3. The molecule has 0 saturated carbocycles. The highest BCUT2D eigenvalue weighted by atomic mass is 15.1. The van der Waals surface area contributed by atoms with Crippen LogP contribution in [0.2, 0.25) is 0 Å². The predicted octanol–water partition coefficient (Wildman–Crippen LogP) is 14.7. The molecule has 2 heterocycles. The van der Waals surface area contributed by atoms with Gasteiger partial charge in [-0.15, -0.1) is 0 Å². The molecule has 0 aliphatic carbocycles. The van der Waals surface area contributed by atoms with E-state index in [9.17, 15) is 0 Å². The Kier molecular flexibility index (Phi) is 9.88. The summed E-state index contributed by atoms with van der Waals surface area (Å²) < 4.78 is 2.46. The Labute approximate surface area is 366 Å². The van der Waals surface area contributed by atoms with Crippen molar-refractivity contribution in [1.82, 2.24) is 19.5 Å². The maximum Gasteiger partial charge on any atom is 0.164 e. The fourth-order valence-corrected chi connectivity index (χ4v) is 8.72. The minimum absolute atomic E-state index is 0.621. The molecule has 11 aromatic rings. The summed E-state index contributed by atoms with van der Waals surface area (Å²) in [5, 5.41) is 2.44. The van der Waals surface area contributed by atoms with Gasteiger partial charge in [0.05, 0.1) is 16.7 Å². The molecule has 298 valence electrons. The number of fused-ring (bicyclic) bond motifs is 3. The van der Waals surface area contributed by atoms with Crippen LogP contribution in [0.15, 0.2) is 237 Å². The lowest BCUT2D eigenvalue weighted by molar-refractivity contribution is 1.07. The monoisotopic (exact) mass is 807 g/mol. The van der Waals surface area contributed by atoms with E-state index >= 15 is 0 Å². The van der Waals surface area contributed by atoms with E-state index in [0.29, 0.717) is 17.5 Å². The maximum atomic E-state index is 5.11. The number of para-hydroxylation sites is 4. The first-order valence-electron chi connectivity index (χ1n) is 21.3. The first kappa shape index (κ1) is 37.6. The van der Waals surface area contributed by atoms with E-state index in [0.717, 1.165) is 62.5 Å². The first-order chi connectivity index (χ1) is 31.2. The van der Waals surface area contributed by atoms with Gasteiger partial charge in [0.1, 0.15) is 0 Å². The molecular formula is C58H41N5. The van der Waals surface area contributed by atoms with Crippen molar-refractivity contribution in [3.63, 3.8) is 0 Å². The standard InChI is InChI=1S/C58H41N5/c1-6-19-42(20-7-1)52-40-46(58-60-56(43-21-8-2-9-22-43)59-57(61-58)44-23-10-3-11-24-44)35-38-54(52)63-53-32-17-16-30-50(53)51-31-18-25-45(55(51)63)39-41-33-36-49(37-34-41)62(47-26-12-4-13-27-47)48-28-14-5-15-29-48/h1-38,40H,39H2. The van der Waals surface area contributed by atoms with Crippen molar-refractivity contribution in [2.45, 2.75) is 6.42 Å². The molecule has 2 aromatic heterocycles. The van der Waals surface area contributed by atoms with Crippen LogP contribution in [0.5, 0.6) is 0 Å². The molecule has 5 heteroatoms. The summed E-state index contributed by atoms with van der Waals surface area (Å²) in [5.41, 5.74) is 14.3. The molecule has 0 fully saturated rings. The molecule has 0 N–H and O–H groups in total. The van der Waals surface area contributed by atoms with Crippen molar-refractivity contribution < 1.29 is 0 Å². The number of rotatable bonds is 10. The third-order valence-corrected chi connectivity index (χ3v) is 11.7. The molecule has 0 bridgehead atoms. The van der Waals surface area contributed by atoms with Gasteiger partial charge in [0.25, 0.3) is 0 Å². The van der Waals surface area contributed by atoms with Crippen molar-refractivity contribution in [3.05, 3.63) is 248 Å². The van der Waals surface area contributed by atoms with Gasteiger partial charge in [0, 0.05) is 50.1 Å². The Bertz CT molecular complexity index is 3230. The maximum absolute atomic E-state index is 5.11. The topological polar surface area (TPSA) is 46.8 Å². The van der Waals surface area contributed by atoms with Gasteiger partial charge >= 0.3 is 0 Å². The molecule has 0 saturated heterocycles. The van der Waals surface area contributed by atoms with Gasteiger partial charge in [-0.1, -0.05) is 176 Å². The molecule has 0 unspecified atom stereocenters. The van der Waals surface area contributed by atoms with Crippen LogP contribution in [-0.2, 0) is 6.42 Å². The lowest BCUT2D eigenvalue weighted by atomic mass is 9.99. The van der Waals surface area contributed by atoms with Gasteiger partial charge in [0.2, 0.25) is 0 Å². The highest BCUT2D eigenvalue weighted by Crippen LogP contribution is 2.40. The highest BCUT2D eigenvalue weighted by molar-refractivity contribution is 6.11. The zero-order valence-electron chi connectivity index (χ0n) is 34.5. The third-order valence-electron chi connectivity index (χ3n) is 11.7. The van der Waals surface area contributed by atoms with Crippen molar-refractivity contribution in [3.8, 4) is 51.0 Å². The van der Waals surface area contributed by atoms with Crippen molar-refractivity contribution >= 4 is 38.9 Å². The molecule has 0 spiro atoms. The second-order valence-electron chi connectivity index (χ2n) is 15.7. The van der Waals surface area contributed by atoms with E-state index in [-0.39, 0.29) is 0 Å². The third kappa shape index (κ3) is 7.32. The molecule has 0 atom stereocenters. The largest absolute Gasteiger partial charge is 0.311 e. The van der Waals surface area contributed by atoms with Gasteiger partial charge in [-0.2, -0.15) is 0 Å². The average molecular weight is 808 g/mol. The molecule has 0 aliphatic rings. The Morgan fingerprint density at radius 1 is 0.365 bits per heavy atom. The molecule has 11 rings (SSSR count). The van der Waals surface area contributed by atoms with Crippen LogP contribution in [0, 0.1) is 0 Å². The van der Waals surface area contributed by atoms with E-state index < -0.39 is 0 Å². The normalized spacial score (nSPS) is 11.2. The number of hydrogen-bond acceptors (Lipinski definition) is 4. The lowest BCUT2D eigenvalue weighted by Gasteiger charge is -2.25. The van der Waals surface area contributed by atoms with Crippen LogP contribution in [0.3, 0.4) is 0 Å². The second-order valence-corrected chi connectivity index (χ2v) is 15.7. The zero-order valence-corrected chi connectivity index (χ0v) is 34.5. The fourth-order valence-electron chi connectivity index (χ4n) is 8.72. The zero-order chi connectivity index (χ0) is 42.0. The van der Waals surface area contributed by atoms with Crippen LogP contribution in [-0.4, -0.2) is 19.5 Å². The summed E-state index contributed by atoms with van der Waals surface area (Å²) >= 11 is 0. The molecule has 0 radical (unpaired) electrons. The van der Waals surface area contributed by atoms with E-state index in [1.165, 1.54) is 27.4 Å². The summed E-state index contributed by atoms with van der Waals surface area (Å²) in [7, 11) is 0. The average Bonchev–Trinajstić information content (AvgIpc) is 3.71. The molecule has 63 heavy (non-hydrogen) atoms.